The first-order chi connectivity index (χ1) is 7.58. The summed E-state index contributed by atoms with van der Waals surface area (Å²) in [5.41, 5.74) is -2.74. The summed E-state index contributed by atoms with van der Waals surface area (Å²) in [6.45, 7) is 0. The van der Waals surface area contributed by atoms with Crippen LogP contribution >= 0.6 is 0 Å². The molecule has 0 saturated heterocycles. The molecular formula is C9H13N3O4. The van der Waals surface area contributed by atoms with Crippen molar-refractivity contribution in [2.75, 3.05) is 0 Å². The highest BCUT2D eigenvalue weighted by molar-refractivity contribution is 5.76. The fourth-order valence-electron chi connectivity index (χ4n) is 2.37. The first kappa shape index (κ1) is 10.7. The Bertz CT molecular complexity index is 476. The molecule has 7 heteroatoms. The van der Waals surface area contributed by atoms with Crippen LogP contribution in [0.5, 0.6) is 0 Å². The Morgan fingerprint density at radius 3 is 2.06 bits per heavy atom. The summed E-state index contributed by atoms with van der Waals surface area (Å²) in [6.07, 6.45) is 3.01. The van der Waals surface area contributed by atoms with Crippen LogP contribution in [0.4, 0.5) is 0 Å². The smallest absolute Gasteiger partial charge is 0.345 e. The largest absolute Gasteiger partial charge is 0.479 e. The fourth-order valence-corrected chi connectivity index (χ4v) is 2.37. The molecule has 1 aromatic rings. The molecule has 0 unspecified atom stereocenters. The summed E-state index contributed by atoms with van der Waals surface area (Å²) in [5.74, 6) is -1.11. The van der Waals surface area contributed by atoms with Crippen molar-refractivity contribution in [2.24, 2.45) is 0 Å². The second-order valence-electron chi connectivity index (χ2n) is 4.09. The number of carbonyl (C=O) groups is 1. The third-order valence-corrected chi connectivity index (χ3v) is 3.19. The summed E-state index contributed by atoms with van der Waals surface area (Å²) < 4.78 is 0.800. The Morgan fingerprint density at radius 2 is 1.62 bits per heavy atom. The summed E-state index contributed by atoms with van der Waals surface area (Å²) in [4.78, 5) is 34.3. The van der Waals surface area contributed by atoms with Gasteiger partial charge < -0.3 is 5.11 Å². The number of aromatic nitrogens is 3. The van der Waals surface area contributed by atoms with E-state index in [0.29, 0.717) is 25.7 Å². The zero-order chi connectivity index (χ0) is 11.8. The number of H-pyrrole nitrogens is 2. The van der Waals surface area contributed by atoms with Crippen LogP contribution in [0.2, 0.25) is 0 Å². The van der Waals surface area contributed by atoms with Gasteiger partial charge in [0.05, 0.1) is 0 Å². The molecule has 0 spiro atoms. The van der Waals surface area contributed by atoms with Gasteiger partial charge in [0.25, 0.3) is 0 Å². The lowest BCUT2D eigenvalue weighted by atomic mass is 9.81. The summed E-state index contributed by atoms with van der Waals surface area (Å²) in [7, 11) is 0. The van der Waals surface area contributed by atoms with Gasteiger partial charge in [-0.2, -0.15) is 0 Å². The highest BCUT2D eigenvalue weighted by Gasteiger charge is 2.44. The minimum atomic E-state index is -1.37. The average molecular weight is 227 g/mol. The Hall–Kier alpha value is -1.79. The van der Waals surface area contributed by atoms with Crippen LogP contribution in [0, 0.1) is 0 Å². The molecule has 1 aliphatic carbocycles. The van der Waals surface area contributed by atoms with Crippen molar-refractivity contribution in [3.05, 3.63) is 21.0 Å². The fraction of sp³-hybridized carbons (Fsp3) is 0.667. The molecule has 0 amide bonds. The number of aromatic amines is 2. The van der Waals surface area contributed by atoms with E-state index in [2.05, 4.69) is 10.2 Å². The van der Waals surface area contributed by atoms with E-state index in [1.807, 2.05) is 0 Å². The SMILES string of the molecule is O=C(O)C1(n2c(=O)[nH][nH]c2=O)CCCCC1. The minimum absolute atomic E-state index is 0.323. The van der Waals surface area contributed by atoms with Gasteiger partial charge in [-0.15, -0.1) is 0 Å². The zero-order valence-electron chi connectivity index (χ0n) is 8.65. The third-order valence-electron chi connectivity index (χ3n) is 3.19. The summed E-state index contributed by atoms with van der Waals surface area (Å²) in [6, 6.07) is 0. The molecule has 0 atom stereocenters. The maximum Gasteiger partial charge on any atom is 0.345 e. The molecule has 1 aliphatic rings. The van der Waals surface area contributed by atoms with Crippen molar-refractivity contribution < 1.29 is 9.90 Å². The van der Waals surface area contributed by atoms with E-state index >= 15 is 0 Å². The maximum atomic E-state index is 11.5. The van der Waals surface area contributed by atoms with Crippen LogP contribution in [-0.4, -0.2) is 25.8 Å². The predicted octanol–water partition coefficient (Wildman–Crippen LogP) is -0.391. The Morgan fingerprint density at radius 1 is 1.12 bits per heavy atom. The van der Waals surface area contributed by atoms with Crippen molar-refractivity contribution in [3.63, 3.8) is 0 Å². The van der Waals surface area contributed by atoms with Gasteiger partial charge >= 0.3 is 17.3 Å². The predicted molar refractivity (Wildman–Crippen MR) is 54.4 cm³/mol. The van der Waals surface area contributed by atoms with Crippen LogP contribution in [-0.2, 0) is 10.3 Å². The maximum absolute atomic E-state index is 11.5. The summed E-state index contributed by atoms with van der Waals surface area (Å²) in [5, 5.41) is 13.5. The highest BCUT2D eigenvalue weighted by atomic mass is 16.4. The van der Waals surface area contributed by atoms with E-state index in [4.69, 9.17) is 0 Å². The number of carboxylic acid groups (broad SMARTS) is 1. The normalized spacial score (nSPS) is 19.5. The van der Waals surface area contributed by atoms with Crippen LogP contribution in [0.15, 0.2) is 9.59 Å². The van der Waals surface area contributed by atoms with E-state index in [1.165, 1.54) is 0 Å². The molecule has 7 nitrogen and oxygen atoms in total. The quantitative estimate of drug-likeness (QED) is 0.639. The number of carboxylic acids is 1. The first-order valence-electron chi connectivity index (χ1n) is 5.21. The zero-order valence-corrected chi connectivity index (χ0v) is 8.65. The molecule has 88 valence electrons. The van der Waals surface area contributed by atoms with Gasteiger partial charge in [-0.25, -0.2) is 29.1 Å². The average Bonchev–Trinajstić information content (AvgIpc) is 2.60. The molecule has 16 heavy (non-hydrogen) atoms. The number of rotatable bonds is 2. The molecule has 1 aromatic heterocycles. The van der Waals surface area contributed by atoms with Gasteiger partial charge in [-0.3, -0.25) is 0 Å². The highest BCUT2D eigenvalue weighted by Crippen LogP contribution is 2.33. The van der Waals surface area contributed by atoms with Gasteiger partial charge in [0.1, 0.15) is 0 Å². The molecule has 0 bridgehead atoms. The summed E-state index contributed by atoms with van der Waals surface area (Å²) >= 11 is 0. The molecular weight excluding hydrogens is 214 g/mol. The van der Waals surface area contributed by atoms with Crippen molar-refractivity contribution in [2.45, 2.75) is 37.6 Å². The first-order valence-corrected chi connectivity index (χ1v) is 5.21. The molecule has 0 aromatic carbocycles. The third kappa shape index (κ3) is 1.39. The lowest BCUT2D eigenvalue weighted by Crippen LogP contribution is -2.52. The number of hydrogen-bond acceptors (Lipinski definition) is 3. The van der Waals surface area contributed by atoms with Crippen molar-refractivity contribution in [1.29, 1.82) is 0 Å². The topological polar surface area (TPSA) is 108 Å². The van der Waals surface area contributed by atoms with E-state index < -0.39 is 22.9 Å². The van der Waals surface area contributed by atoms with E-state index in [1.54, 1.807) is 0 Å². The molecule has 0 radical (unpaired) electrons. The van der Waals surface area contributed by atoms with Crippen LogP contribution in [0.1, 0.15) is 32.1 Å². The Labute approximate surface area is 90.1 Å². The Kier molecular flexibility index (Phi) is 2.45. The number of aliphatic carboxylic acids is 1. The van der Waals surface area contributed by atoms with E-state index in [9.17, 15) is 19.5 Å². The van der Waals surface area contributed by atoms with Gasteiger partial charge in [-0.1, -0.05) is 19.3 Å². The molecule has 1 saturated carbocycles. The van der Waals surface area contributed by atoms with Crippen molar-refractivity contribution in [3.8, 4) is 0 Å². The minimum Gasteiger partial charge on any atom is -0.479 e. The van der Waals surface area contributed by atoms with Gasteiger partial charge in [-0.05, 0) is 12.8 Å². The van der Waals surface area contributed by atoms with Crippen molar-refractivity contribution >= 4 is 5.97 Å². The van der Waals surface area contributed by atoms with Crippen LogP contribution in [0.3, 0.4) is 0 Å². The van der Waals surface area contributed by atoms with Gasteiger partial charge in [0.2, 0.25) is 0 Å². The number of hydrogen-bond donors (Lipinski definition) is 3. The second kappa shape index (κ2) is 3.66. The number of nitrogens with zero attached hydrogens (tertiary/aromatic N) is 1. The lowest BCUT2D eigenvalue weighted by molar-refractivity contribution is -0.149. The molecule has 1 fully saturated rings. The molecule has 2 rings (SSSR count). The lowest BCUT2D eigenvalue weighted by Gasteiger charge is -2.32. The second-order valence-corrected chi connectivity index (χ2v) is 4.09. The van der Waals surface area contributed by atoms with Crippen molar-refractivity contribution in [1.82, 2.24) is 14.8 Å². The molecule has 0 aliphatic heterocycles. The monoisotopic (exact) mass is 227 g/mol. The van der Waals surface area contributed by atoms with Crippen LogP contribution in [0.25, 0.3) is 0 Å². The van der Waals surface area contributed by atoms with Gasteiger partial charge in [0, 0.05) is 0 Å². The van der Waals surface area contributed by atoms with E-state index in [-0.39, 0.29) is 0 Å². The number of nitrogens with one attached hydrogen (secondary N) is 2. The molecule has 3 N–H and O–H groups in total. The van der Waals surface area contributed by atoms with Crippen LogP contribution < -0.4 is 11.4 Å². The van der Waals surface area contributed by atoms with E-state index in [0.717, 1.165) is 11.0 Å². The Balaban J connectivity index is 2.60. The molecule has 1 heterocycles. The van der Waals surface area contributed by atoms with Gasteiger partial charge in [0.15, 0.2) is 5.54 Å². The standard InChI is InChI=1S/C9H13N3O4/c13-6(14)9(4-2-1-3-5-9)12-7(15)10-11-8(12)16/h1-5H2,(H,10,15)(H,11,16)(H,13,14).